The van der Waals surface area contributed by atoms with Crippen LogP contribution in [0.4, 0.5) is 0 Å². The maximum atomic E-state index is 11.8. The van der Waals surface area contributed by atoms with Crippen LogP contribution >= 0.6 is 11.3 Å². The molecule has 3 aromatic rings. The van der Waals surface area contributed by atoms with Gasteiger partial charge in [0.2, 0.25) is 0 Å². The largest absolute Gasteiger partial charge is 0.490 e. The lowest BCUT2D eigenvalue weighted by atomic mass is 10.1. The number of para-hydroxylation sites is 1. The molecule has 7 heteroatoms. The van der Waals surface area contributed by atoms with Gasteiger partial charge in [0.15, 0.2) is 0 Å². The second-order valence-electron chi connectivity index (χ2n) is 5.52. The summed E-state index contributed by atoms with van der Waals surface area (Å²) in [6.07, 6.45) is -0.872. The molecule has 0 bridgehead atoms. The Morgan fingerprint density at radius 2 is 2.04 bits per heavy atom. The fraction of sp³-hybridized carbons (Fsp3) is 0.294. The molecular formula is C17H18N2O4S. The van der Waals surface area contributed by atoms with Gasteiger partial charge in [-0.2, -0.15) is 4.68 Å². The topological polar surface area (TPSA) is 77.5 Å². The first kappa shape index (κ1) is 16.5. The third-order valence-electron chi connectivity index (χ3n) is 3.55. The summed E-state index contributed by atoms with van der Waals surface area (Å²) in [5.74, 6) is 0.422. The molecule has 0 saturated heterocycles. The first-order valence-electron chi connectivity index (χ1n) is 7.53. The minimum Gasteiger partial charge on any atom is -0.490 e. The molecule has 0 aliphatic rings. The van der Waals surface area contributed by atoms with Crippen LogP contribution in [-0.2, 0) is 6.54 Å². The number of aryl methyl sites for hydroxylation is 2. The van der Waals surface area contributed by atoms with Crippen LogP contribution in [0, 0.1) is 13.8 Å². The van der Waals surface area contributed by atoms with Crippen molar-refractivity contribution in [2.75, 3.05) is 6.61 Å². The summed E-state index contributed by atoms with van der Waals surface area (Å²) >= 11 is 1.43. The molecule has 0 radical (unpaired) electrons. The van der Waals surface area contributed by atoms with Crippen LogP contribution < -0.4 is 10.5 Å². The number of aliphatic hydroxyl groups is 1. The van der Waals surface area contributed by atoms with Crippen molar-refractivity contribution >= 4 is 11.3 Å². The second-order valence-corrected chi connectivity index (χ2v) is 6.47. The van der Waals surface area contributed by atoms with E-state index < -0.39 is 11.9 Å². The van der Waals surface area contributed by atoms with E-state index in [1.807, 2.05) is 49.6 Å². The van der Waals surface area contributed by atoms with Crippen molar-refractivity contribution in [3.63, 3.8) is 0 Å². The zero-order valence-electron chi connectivity index (χ0n) is 13.4. The molecule has 0 fully saturated rings. The van der Waals surface area contributed by atoms with Gasteiger partial charge in [-0.1, -0.05) is 24.3 Å². The predicted octanol–water partition coefficient (Wildman–Crippen LogP) is 2.62. The number of ether oxygens (including phenoxy) is 1. The van der Waals surface area contributed by atoms with Crippen LogP contribution in [0.25, 0.3) is 10.8 Å². The fourth-order valence-corrected chi connectivity index (χ4v) is 3.02. The summed E-state index contributed by atoms with van der Waals surface area (Å²) in [5.41, 5.74) is 2.00. The quantitative estimate of drug-likeness (QED) is 0.742. The Balaban J connectivity index is 1.65. The lowest BCUT2D eigenvalue weighted by Crippen LogP contribution is -2.29. The molecule has 1 aromatic carbocycles. The zero-order valence-corrected chi connectivity index (χ0v) is 14.2. The van der Waals surface area contributed by atoms with Gasteiger partial charge in [0.1, 0.15) is 18.5 Å². The van der Waals surface area contributed by atoms with Gasteiger partial charge in [-0.05, 0) is 36.4 Å². The molecule has 0 aliphatic carbocycles. The van der Waals surface area contributed by atoms with Crippen LogP contribution in [-0.4, -0.2) is 27.6 Å². The summed E-state index contributed by atoms with van der Waals surface area (Å²) in [4.78, 5) is 12.6. The van der Waals surface area contributed by atoms with Crippen molar-refractivity contribution in [3.8, 4) is 16.5 Å². The lowest BCUT2D eigenvalue weighted by molar-refractivity contribution is 0.0869. The van der Waals surface area contributed by atoms with Gasteiger partial charge in [-0.3, -0.25) is 0 Å². The molecule has 6 nitrogen and oxygen atoms in total. The number of rotatable bonds is 6. The molecule has 0 saturated carbocycles. The summed E-state index contributed by atoms with van der Waals surface area (Å²) in [6, 6.07) is 9.52. The summed E-state index contributed by atoms with van der Waals surface area (Å²) in [7, 11) is 0. The van der Waals surface area contributed by atoms with Crippen LogP contribution in [0.2, 0.25) is 0 Å². The number of thiophene rings is 1. The zero-order chi connectivity index (χ0) is 17.1. The molecule has 1 atom stereocenters. The average molecular weight is 346 g/mol. The minimum absolute atomic E-state index is 0.0125. The maximum absolute atomic E-state index is 11.8. The van der Waals surface area contributed by atoms with Crippen molar-refractivity contribution in [1.29, 1.82) is 0 Å². The molecule has 126 valence electrons. The number of nitrogens with zero attached hydrogens (tertiary/aromatic N) is 2. The molecule has 0 aliphatic heterocycles. The molecule has 1 N–H and O–H groups in total. The van der Waals surface area contributed by atoms with E-state index in [2.05, 4.69) is 5.10 Å². The summed E-state index contributed by atoms with van der Waals surface area (Å²) < 4.78 is 11.9. The number of aromatic nitrogens is 2. The van der Waals surface area contributed by atoms with Crippen molar-refractivity contribution in [1.82, 2.24) is 9.78 Å². The molecule has 0 spiro atoms. The third kappa shape index (κ3) is 3.58. The Kier molecular flexibility index (Phi) is 4.82. The fourth-order valence-electron chi connectivity index (χ4n) is 2.38. The van der Waals surface area contributed by atoms with Gasteiger partial charge in [0.05, 0.1) is 11.4 Å². The highest BCUT2D eigenvalue weighted by molar-refractivity contribution is 7.13. The SMILES string of the molecule is Cc1cccc(C)c1OC[C@H](O)Cn1nc(-c2cccs2)oc1=O. The van der Waals surface area contributed by atoms with Gasteiger partial charge < -0.3 is 14.3 Å². The van der Waals surface area contributed by atoms with Gasteiger partial charge in [-0.15, -0.1) is 16.4 Å². The van der Waals surface area contributed by atoms with E-state index in [1.54, 1.807) is 0 Å². The highest BCUT2D eigenvalue weighted by Gasteiger charge is 2.15. The Morgan fingerprint density at radius 3 is 2.71 bits per heavy atom. The van der Waals surface area contributed by atoms with Crippen LogP contribution in [0.3, 0.4) is 0 Å². The van der Waals surface area contributed by atoms with E-state index >= 15 is 0 Å². The van der Waals surface area contributed by atoms with Gasteiger partial charge in [-0.25, -0.2) is 4.79 Å². The normalized spacial score (nSPS) is 12.3. The molecule has 3 rings (SSSR count). The monoisotopic (exact) mass is 346 g/mol. The molecule has 2 heterocycles. The van der Waals surface area contributed by atoms with E-state index in [9.17, 15) is 9.90 Å². The third-order valence-corrected chi connectivity index (χ3v) is 4.41. The molecule has 0 amide bonds. The van der Waals surface area contributed by atoms with Crippen molar-refractivity contribution in [2.45, 2.75) is 26.5 Å². The average Bonchev–Trinajstić information content (AvgIpc) is 3.17. The maximum Gasteiger partial charge on any atom is 0.437 e. The van der Waals surface area contributed by atoms with Crippen LogP contribution in [0.1, 0.15) is 11.1 Å². The summed E-state index contributed by atoms with van der Waals surface area (Å²) in [5, 5.41) is 16.1. The summed E-state index contributed by atoms with van der Waals surface area (Å²) in [6.45, 7) is 3.98. The number of benzene rings is 1. The minimum atomic E-state index is -0.872. The standard InChI is InChI=1S/C17H18N2O4S/c1-11-5-3-6-12(2)15(11)22-10-13(20)9-19-17(21)23-16(18-19)14-7-4-8-24-14/h3-8,13,20H,9-10H2,1-2H3/t13-/m1/s1. The smallest absolute Gasteiger partial charge is 0.437 e. The van der Waals surface area contributed by atoms with Gasteiger partial charge >= 0.3 is 5.76 Å². The Morgan fingerprint density at radius 1 is 1.29 bits per heavy atom. The van der Waals surface area contributed by atoms with Gasteiger partial charge in [0, 0.05) is 0 Å². The Hall–Kier alpha value is -2.38. The van der Waals surface area contributed by atoms with E-state index in [-0.39, 0.29) is 19.0 Å². The molecule has 24 heavy (non-hydrogen) atoms. The van der Waals surface area contributed by atoms with E-state index in [0.717, 1.165) is 26.4 Å². The second kappa shape index (κ2) is 7.02. The van der Waals surface area contributed by atoms with Gasteiger partial charge in [0.25, 0.3) is 5.89 Å². The molecule has 0 unspecified atom stereocenters. The predicted molar refractivity (Wildman–Crippen MR) is 91.5 cm³/mol. The number of aliphatic hydroxyl groups excluding tert-OH is 1. The van der Waals surface area contributed by atoms with Crippen molar-refractivity contribution in [3.05, 3.63) is 57.4 Å². The molecular weight excluding hydrogens is 328 g/mol. The first-order chi connectivity index (χ1) is 11.5. The van der Waals surface area contributed by atoms with Crippen molar-refractivity contribution < 1.29 is 14.3 Å². The molecule has 2 aromatic heterocycles. The Labute approximate surface area is 142 Å². The lowest BCUT2D eigenvalue weighted by Gasteiger charge is -2.15. The highest BCUT2D eigenvalue weighted by Crippen LogP contribution is 2.23. The van der Waals surface area contributed by atoms with Crippen molar-refractivity contribution in [2.24, 2.45) is 0 Å². The first-order valence-corrected chi connectivity index (χ1v) is 8.41. The van der Waals surface area contributed by atoms with Crippen LogP contribution in [0.5, 0.6) is 5.75 Å². The highest BCUT2D eigenvalue weighted by atomic mass is 32.1. The van der Waals surface area contributed by atoms with E-state index in [4.69, 9.17) is 9.15 Å². The van der Waals surface area contributed by atoms with E-state index in [1.165, 1.54) is 11.3 Å². The number of hydrogen-bond acceptors (Lipinski definition) is 6. The Bertz CT molecular complexity index is 847. The number of hydrogen-bond donors (Lipinski definition) is 1. The van der Waals surface area contributed by atoms with Crippen LogP contribution in [0.15, 0.2) is 44.9 Å². The van der Waals surface area contributed by atoms with E-state index in [0.29, 0.717) is 0 Å².